The molecule has 1 aromatic heterocycles. The molecule has 2 aromatic rings. The number of hydrogen-bond donors (Lipinski definition) is 2. The lowest BCUT2D eigenvalue weighted by Gasteiger charge is -2.06. The summed E-state index contributed by atoms with van der Waals surface area (Å²) >= 11 is 5.09. The van der Waals surface area contributed by atoms with E-state index in [1.54, 1.807) is 11.3 Å². The van der Waals surface area contributed by atoms with E-state index in [0.717, 1.165) is 34.7 Å². The van der Waals surface area contributed by atoms with E-state index >= 15 is 0 Å². The lowest BCUT2D eigenvalue weighted by molar-refractivity contribution is 0.681. The van der Waals surface area contributed by atoms with Gasteiger partial charge in [0.2, 0.25) is 0 Å². The lowest BCUT2D eigenvalue weighted by atomic mass is 10.2. The van der Waals surface area contributed by atoms with E-state index in [9.17, 15) is 0 Å². The second kappa shape index (κ2) is 6.31. The Bertz CT molecular complexity index is 525. The number of thiazole rings is 1. The third-order valence-corrected chi connectivity index (χ3v) is 4.16. The van der Waals surface area contributed by atoms with Crippen molar-refractivity contribution in [2.75, 3.05) is 12.3 Å². The molecule has 2 rings (SSSR count). The van der Waals surface area contributed by atoms with E-state index in [0.29, 0.717) is 0 Å². The molecule has 0 saturated carbocycles. The number of nitrogens with zero attached hydrogens (tertiary/aromatic N) is 1. The maximum absolute atomic E-state index is 5.84. The monoisotopic (exact) mass is 325 g/mol. The third kappa shape index (κ3) is 3.80. The van der Waals surface area contributed by atoms with Gasteiger partial charge in [0.05, 0.1) is 10.7 Å². The van der Waals surface area contributed by atoms with Crippen LogP contribution in [0.25, 0.3) is 0 Å². The van der Waals surface area contributed by atoms with Crippen LogP contribution in [0.1, 0.15) is 16.3 Å². The summed E-state index contributed by atoms with van der Waals surface area (Å²) in [7, 11) is 0. The lowest BCUT2D eigenvalue weighted by Crippen LogP contribution is -2.16. The van der Waals surface area contributed by atoms with Crippen molar-refractivity contribution in [2.45, 2.75) is 19.9 Å². The molecule has 0 aliphatic carbocycles. The molecule has 3 N–H and O–H groups in total. The molecule has 18 heavy (non-hydrogen) atoms. The maximum atomic E-state index is 5.84. The fourth-order valence-corrected chi connectivity index (χ4v) is 2.57. The summed E-state index contributed by atoms with van der Waals surface area (Å²) in [6.07, 6.45) is 0.969. The quantitative estimate of drug-likeness (QED) is 0.656. The summed E-state index contributed by atoms with van der Waals surface area (Å²) in [5.41, 5.74) is 8.98. The molecule has 0 fully saturated rings. The van der Waals surface area contributed by atoms with E-state index in [-0.39, 0.29) is 0 Å². The number of hydrogen-bond acceptors (Lipinski definition) is 4. The van der Waals surface area contributed by atoms with Gasteiger partial charge < -0.3 is 11.1 Å². The topological polar surface area (TPSA) is 50.9 Å². The number of aryl methyl sites for hydroxylation is 1. The molecule has 1 aromatic carbocycles. The average molecular weight is 326 g/mol. The Balaban J connectivity index is 1.76. The molecule has 0 aliphatic rings. The van der Waals surface area contributed by atoms with Crippen molar-refractivity contribution in [3.05, 3.63) is 44.3 Å². The summed E-state index contributed by atoms with van der Waals surface area (Å²) in [6.45, 7) is 3.80. The molecule has 3 nitrogen and oxygen atoms in total. The van der Waals surface area contributed by atoms with Gasteiger partial charge in [0.1, 0.15) is 0 Å². The van der Waals surface area contributed by atoms with Crippen LogP contribution in [-0.2, 0) is 13.0 Å². The van der Waals surface area contributed by atoms with Crippen LogP contribution in [0.3, 0.4) is 0 Å². The first-order chi connectivity index (χ1) is 8.65. The van der Waals surface area contributed by atoms with Crippen LogP contribution < -0.4 is 11.1 Å². The van der Waals surface area contributed by atoms with Crippen LogP contribution in [0.5, 0.6) is 0 Å². The zero-order valence-corrected chi connectivity index (χ0v) is 12.6. The Morgan fingerprint density at radius 1 is 1.44 bits per heavy atom. The van der Waals surface area contributed by atoms with Crippen molar-refractivity contribution >= 4 is 33.0 Å². The highest BCUT2D eigenvalue weighted by Crippen LogP contribution is 2.20. The summed E-state index contributed by atoms with van der Waals surface area (Å²) in [6, 6.07) is 6.04. The molecule has 0 aliphatic heterocycles. The fourth-order valence-electron chi connectivity index (χ4n) is 1.68. The van der Waals surface area contributed by atoms with Gasteiger partial charge in [-0.25, -0.2) is 4.98 Å². The molecule has 96 valence electrons. The van der Waals surface area contributed by atoms with E-state index in [2.05, 4.69) is 37.7 Å². The van der Waals surface area contributed by atoms with Crippen LogP contribution in [0.15, 0.2) is 28.1 Å². The second-order valence-corrected chi connectivity index (χ2v) is 6.06. The zero-order valence-electron chi connectivity index (χ0n) is 10.2. The molecule has 0 saturated heterocycles. The Hall–Kier alpha value is -0.910. The molecular formula is C13H16BrN3S. The first kappa shape index (κ1) is 13.5. The molecule has 0 atom stereocenters. The normalized spacial score (nSPS) is 10.8. The van der Waals surface area contributed by atoms with Gasteiger partial charge in [-0.15, -0.1) is 11.3 Å². The number of nitrogen functional groups attached to an aromatic ring is 1. The van der Waals surface area contributed by atoms with Crippen molar-refractivity contribution in [1.82, 2.24) is 10.3 Å². The molecule has 0 amide bonds. The standard InChI is InChI=1S/C13H16BrN3S/c1-9-17-11(8-18-9)4-5-16-7-10-2-3-12(14)13(15)6-10/h2-3,6,8,16H,4-5,7,15H2,1H3. The highest BCUT2D eigenvalue weighted by Gasteiger charge is 2.00. The first-order valence-corrected chi connectivity index (χ1v) is 7.48. The van der Waals surface area contributed by atoms with E-state index < -0.39 is 0 Å². The maximum Gasteiger partial charge on any atom is 0.0897 e. The van der Waals surface area contributed by atoms with Crippen LogP contribution >= 0.6 is 27.3 Å². The molecule has 5 heteroatoms. The zero-order chi connectivity index (χ0) is 13.0. The summed E-state index contributed by atoms with van der Waals surface area (Å²) in [4.78, 5) is 4.43. The Kier molecular flexibility index (Phi) is 4.74. The van der Waals surface area contributed by atoms with E-state index in [1.807, 2.05) is 19.1 Å². The number of anilines is 1. The van der Waals surface area contributed by atoms with Crippen molar-refractivity contribution in [3.8, 4) is 0 Å². The minimum Gasteiger partial charge on any atom is -0.398 e. The SMILES string of the molecule is Cc1nc(CCNCc2ccc(Br)c(N)c2)cs1. The minimum absolute atomic E-state index is 0.782. The van der Waals surface area contributed by atoms with Gasteiger partial charge in [0.25, 0.3) is 0 Å². The second-order valence-electron chi connectivity index (χ2n) is 4.14. The number of nitrogens with two attached hydrogens (primary N) is 1. The molecular weight excluding hydrogens is 310 g/mol. The van der Waals surface area contributed by atoms with Gasteiger partial charge >= 0.3 is 0 Å². The Labute approximate surface area is 120 Å². The molecule has 0 spiro atoms. The number of rotatable bonds is 5. The van der Waals surface area contributed by atoms with E-state index in [1.165, 1.54) is 11.3 Å². The highest BCUT2D eigenvalue weighted by molar-refractivity contribution is 9.10. The van der Waals surface area contributed by atoms with Gasteiger partial charge in [-0.3, -0.25) is 0 Å². The molecule has 0 radical (unpaired) electrons. The predicted octanol–water partition coefficient (Wildman–Crippen LogP) is 3.13. The number of benzene rings is 1. The van der Waals surface area contributed by atoms with Crippen molar-refractivity contribution in [3.63, 3.8) is 0 Å². The molecule has 1 heterocycles. The van der Waals surface area contributed by atoms with Gasteiger partial charge in [-0.1, -0.05) is 6.07 Å². The number of aromatic nitrogens is 1. The predicted molar refractivity (Wildman–Crippen MR) is 80.8 cm³/mol. The van der Waals surface area contributed by atoms with Crippen LogP contribution in [0.2, 0.25) is 0 Å². The van der Waals surface area contributed by atoms with Crippen LogP contribution in [0, 0.1) is 6.92 Å². The Morgan fingerprint density at radius 3 is 2.94 bits per heavy atom. The number of nitrogens with one attached hydrogen (secondary N) is 1. The third-order valence-electron chi connectivity index (χ3n) is 2.61. The van der Waals surface area contributed by atoms with Crippen LogP contribution in [0.4, 0.5) is 5.69 Å². The fraction of sp³-hybridized carbons (Fsp3) is 0.308. The van der Waals surface area contributed by atoms with Gasteiger partial charge in [0, 0.05) is 35.1 Å². The molecule has 0 bridgehead atoms. The van der Waals surface area contributed by atoms with Gasteiger partial charge in [-0.2, -0.15) is 0 Å². The number of halogens is 1. The summed E-state index contributed by atoms with van der Waals surface area (Å²) in [5, 5.41) is 6.65. The smallest absolute Gasteiger partial charge is 0.0897 e. The highest BCUT2D eigenvalue weighted by atomic mass is 79.9. The van der Waals surface area contributed by atoms with E-state index in [4.69, 9.17) is 5.73 Å². The van der Waals surface area contributed by atoms with Crippen LogP contribution in [-0.4, -0.2) is 11.5 Å². The van der Waals surface area contributed by atoms with Gasteiger partial charge in [-0.05, 0) is 40.5 Å². The molecule has 0 unspecified atom stereocenters. The van der Waals surface area contributed by atoms with Crippen molar-refractivity contribution in [1.29, 1.82) is 0 Å². The average Bonchev–Trinajstić information content (AvgIpc) is 2.75. The Morgan fingerprint density at radius 2 is 2.28 bits per heavy atom. The summed E-state index contributed by atoms with van der Waals surface area (Å²) in [5.74, 6) is 0. The largest absolute Gasteiger partial charge is 0.398 e. The summed E-state index contributed by atoms with van der Waals surface area (Å²) < 4.78 is 0.948. The van der Waals surface area contributed by atoms with Gasteiger partial charge in [0.15, 0.2) is 0 Å². The first-order valence-electron chi connectivity index (χ1n) is 5.81. The minimum atomic E-state index is 0.782. The van der Waals surface area contributed by atoms with Crippen molar-refractivity contribution < 1.29 is 0 Å². The van der Waals surface area contributed by atoms with Crippen molar-refractivity contribution in [2.24, 2.45) is 0 Å².